The van der Waals surface area contributed by atoms with Crippen LogP contribution >= 0.6 is 0 Å². The second kappa shape index (κ2) is 7.41. The van der Waals surface area contributed by atoms with E-state index in [0.717, 1.165) is 0 Å². The zero-order valence-corrected chi connectivity index (χ0v) is 19.7. The van der Waals surface area contributed by atoms with Gasteiger partial charge < -0.3 is 0 Å². The lowest BCUT2D eigenvalue weighted by Crippen LogP contribution is -2.28. The maximum absolute atomic E-state index is 2.37. The SMILES string of the molecule is c1ccc(C2=c3ccccc3=C3C2=c2ccccc2=C3c2cccc3cc4ccccc4cc23)cc1. The molecule has 36 heavy (non-hydrogen) atoms. The molecule has 0 saturated heterocycles. The molecule has 0 heterocycles. The fourth-order valence-corrected chi connectivity index (χ4v) is 6.27. The van der Waals surface area contributed by atoms with Crippen molar-refractivity contribution in [2.45, 2.75) is 0 Å². The topological polar surface area (TPSA) is 0 Å². The third-order valence-electron chi connectivity index (χ3n) is 7.76. The Hall–Kier alpha value is -4.68. The minimum Gasteiger partial charge on any atom is -0.0622 e. The van der Waals surface area contributed by atoms with E-state index in [0.29, 0.717) is 0 Å². The van der Waals surface area contributed by atoms with Gasteiger partial charge in [0.05, 0.1) is 0 Å². The number of hydrogen-bond donors (Lipinski definition) is 0. The van der Waals surface area contributed by atoms with Crippen molar-refractivity contribution < 1.29 is 0 Å². The van der Waals surface area contributed by atoms with Crippen LogP contribution in [0.2, 0.25) is 0 Å². The molecule has 6 aromatic carbocycles. The highest BCUT2D eigenvalue weighted by atomic mass is 14.3. The van der Waals surface area contributed by atoms with E-state index in [1.54, 1.807) is 0 Å². The van der Waals surface area contributed by atoms with Crippen molar-refractivity contribution in [3.05, 3.63) is 165 Å². The Morgan fingerprint density at radius 3 is 1.50 bits per heavy atom. The molecule has 2 aliphatic rings. The molecule has 0 atom stereocenters. The summed E-state index contributed by atoms with van der Waals surface area (Å²) in [6, 6.07) is 48.9. The highest BCUT2D eigenvalue weighted by Crippen LogP contribution is 2.41. The summed E-state index contributed by atoms with van der Waals surface area (Å²) < 4.78 is 0. The Bertz CT molecular complexity index is 2130. The second-order valence-corrected chi connectivity index (χ2v) is 9.68. The van der Waals surface area contributed by atoms with Crippen LogP contribution in [0.4, 0.5) is 0 Å². The highest BCUT2D eigenvalue weighted by Gasteiger charge is 2.30. The quantitative estimate of drug-likeness (QED) is 0.307. The molecular formula is C36H22. The molecule has 6 aromatic rings. The van der Waals surface area contributed by atoms with Gasteiger partial charge in [-0.1, -0.05) is 121 Å². The summed E-state index contributed by atoms with van der Waals surface area (Å²) in [5.41, 5.74) is 8.00. The van der Waals surface area contributed by atoms with E-state index in [-0.39, 0.29) is 0 Å². The Kier molecular flexibility index (Phi) is 4.03. The summed E-state index contributed by atoms with van der Waals surface area (Å²) in [5.74, 6) is 0. The molecule has 0 N–H and O–H groups in total. The molecule has 0 unspecified atom stereocenters. The molecule has 0 aromatic heterocycles. The fourth-order valence-electron chi connectivity index (χ4n) is 6.27. The Balaban J connectivity index is 1.55. The molecular weight excluding hydrogens is 432 g/mol. The number of fused-ring (bicyclic) bond motifs is 5. The van der Waals surface area contributed by atoms with Gasteiger partial charge in [0.1, 0.15) is 0 Å². The molecule has 0 nitrogen and oxygen atoms in total. The van der Waals surface area contributed by atoms with Crippen LogP contribution in [-0.2, 0) is 0 Å². The van der Waals surface area contributed by atoms with Crippen molar-refractivity contribution in [3.8, 4) is 0 Å². The van der Waals surface area contributed by atoms with Gasteiger partial charge in [0.2, 0.25) is 0 Å². The van der Waals surface area contributed by atoms with Gasteiger partial charge in [-0.15, -0.1) is 0 Å². The van der Waals surface area contributed by atoms with Crippen LogP contribution in [0.15, 0.2) is 133 Å². The van der Waals surface area contributed by atoms with E-state index < -0.39 is 0 Å². The number of hydrogen-bond acceptors (Lipinski definition) is 0. The smallest absolute Gasteiger partial charge is 0.000741 e. The van der Waals surface area contributed by atoms with E-state index in [1.807, 2.05) is 0 Å². The van der Waals surface area contributed by atoms with E-state index in [4.69, 9.17) is 0 Å². The third-order valence-corrected chi connectivity index (χ3v) is 7.76. The molecule has 0 radical (unpaired) electrons. The van der Waals surface area contributed by atoms with Crippen molar-refractivity contribution in [2.75, 3.05) is 0 Å². The van der Waals surface area contributed by atoms with E-state index in [9.17, 15) is 0 Å². The lowest BCUT2D eigenvalue weighted by Gasteiger charge is -2.14. The van der Waals surface area contributed by atoms with Crippen LogP contribution in [0.3, 0.4) is 0 Å². The van der Waals surface area contributed by atoms with Crippen LogP contribution in [0.5, 0.6) is 0 Å². The van der Waals surface area contributed by atoms with E-state index in [2.05, 4.69) is 133 Å². The predicted molar refractivity (Wildman–Crippen MR) is 151 cm³/mol. The van der Waals surface area contributed by atoms with Crippen molar-refractivity contribution in [1.82, 2.24) is 0 Å². The molecule has 0 amide bonds. The Labute approximate surface area is 209 Å². The van der Waals surface area contributed by atoms with E-state index in [1.165, 1.54) is 75.8 Å². The van der Waals surface area contributed by atoms with Gasteiger partial charge in [-0.2, -0.15) is 0 Å². The standard InChI is InChI=1S/C36H22/c1-2-11-23(12-3-1)33-27-16-6-8-18-29(27)36-34(28-17-7-9-19-30(28)35(33)36)31-20-10-15-26-21-24-13-4-5-14-25(24)22-32(26)31/h1-22H. The first-order chi connectivity index (χ1) is 17.9. The predicted octanol–water partition coefficient (Wildman–Crippen LogP) is 5.42. The van der Waals surface area contributed by atoms with Crippen LogP contribution in [-0.4, -0.2) is 0 Å². The molecule has 0 fully saturated rings. The number of benzene rings is 6. The van der Waals surface area contributed by atoms with Crippen LogP contribution < -0.4 is 20.9 Å². The van der Waals surface area contributed by atoms with Crippen molar-refractivity contribution in [3.63, 3.8) is 0 Å². The second-order valence-electron chi connectivity index (χ2n) is 9.68. The maximum Gasteiger partial charge on any atom is -0.000741 e. The molecule has 166 valence electrons. The summed E-state index contributed by atoms with van der Waals surface area (Å²) in [6.45, 7) is 0. The lowest BCUT2D eigenvalue weighted by molar-refractivity contribution is 1.48. The monoisotopic (exact) mass is 454 g/mol. The highest BCUT2D eigenvalue weighted by molar-refractivity contribution is 6.32. The Morgan fingerprint density at radius 2 is 0.806 bits per heavy atom. The first-order valence-corrected chi connectivity index (χ1v) is 12.5. The zero-order valence-electron chi connectivity index (χ0n) is 19.7. The van der Waals surface area contributed by atoms with Gasteiger partial charge >= 0.3 is 0 Å². The fraction of sp³-hybridized carbons (Fsp3) is 0. The first kappa shape index (κ1) is 19.6. The van der Waals surface area contributed by atoms with Crippen molar-refractivity contribution in [1.29, 1.82) is 0 Å². The van der Waals surface area contributed by atoms with Crippen LogP contribution in [0.1, 0.15) is 11.1 Å². The number of rotatable bonds is 2. The summed E-state index contributed by atoms with van der Waals surface area (Å²) in [5, 5.41) is 10.5. The van der Waals surface area contributed by atoms with Crippen LogP contribution in [0, 0.1) is 0 Å². The van der Waals surface area contributed by atoms with Crippen LogP contribution in [0.25, 0.3) is 43.8 Å². The molecule has 0 bridgehead atoms. The molecule has 0 aliphatic heterocycles. The van der Waals surface area contributed by atoms with Gasteiger partial charge in [0.25, 0.3) is 0 Å². The van der Waals surface area contributed by atoms with Crippen molar-refractivity contribution in [2.24, 2.45) is 0 Å². The average Bonchev–Trinajstić information content (AvgIpc) is 3.45. The average molecular weight is 455 g/mol. The van der Waals surface area contributed by atoms with Gasteiger partial charge in [-0.3, -0.25) is 0 Å². The summed E-state index contributed by atoms with van der Waals surface area (Å²) in [7, 11) is 0. The molecule has 0 saturated carbocycles. The first-order valence-electron chi connectivity index (χ1n) is 12.5. The van der Waals surface area contributed by atoms with Gasteiger partial charge in [0, 0.05) is 0 Å². The van der Waals surface area contributed by atoms with Gasteiger partial charge in [0.15, 0.2) is 0 Å². The van der Waals surface area contributed by atoms with E-state index >= 15 is 0 Å². The molecule has 2 aliphatic carbocycles. The van der Waals surface area contributed by atoms with Gasteiger partial charge in [-0.25, -0.2) is 0 Å². The zero-order chi connectivity index (χ0) is 23.6. The summed E-state index contributed by atoms with van der Waals surface area (Å²) >= 11 is 0. The normalized spacial score (nSPS) is 13.9. The summed E-state index contributed by atoms with van der Waals surface area (Å²) in [6.07, 6.45) is 0. The maximum atomic E-state index is 2.37. The minimum absolute atomic E-state index is 1.27. The summed E-state index contributed by atoms with van der Waals surface area (Å²) in [4.78, 5) is 0. The van der Waals surface area contributed by atoms with Crippen molar-refractivity contribution >= 4 is 43.8 Å². The Morgan fingerprint density at radius 1 is 0.306 bits per heavy atom. The third kappa shape index (κ3) is 2.64. The lowest BCUT2D eigenvalue weighted by atomic mass is 9.89. The molecule has 0 spiro atoms. The largest absolute Gasteiger partial charge is 0.0622 e. The minimum atomic E-state index is 1.27. The van der Waals surface area contributed by atoms with Gasteiger partial charge in [-0.05, 0) is 88.0 Å². The molecule has 8 rings (SSSR count). The molecule has 0 heteroatoms.